The van der Waals surface area contributed by atoms with Crippen LogP contribution in [0.25, 0.3) is 0 Å². The van der Waals surface area contributed by atoms with E-state index in [1.807, 2.05) is 13.1 Å². The number of nitrogens with two attached hydrogens (primary N) is 1. The number of hydrogen-bond acceptors (Lipinski definition) is 3. The Hall–Kier alpha value is -1.09. The number of nitrogens with zero attached hydrogens (tertiary/aromatic N) is 2. The molecular weight excluding hydrogens is 222 g/mol. The van der Waals surface area contributed by atoms with E-state index in [1.54, 1.807) is 0 Å². The van der Waals surface area contributed by atoms with Crippen LogP contribution in [0.2, 0.25) is 0 Å². The third kappa shape index (κ3) is 3.02. The minimum atomic E-state index is 0.0660. The molecule has 1 aromatic rings. The first-order valence-electron chi connectivity index (χ1n) is 7.20. The number of aromatic nitrogens is 1. The van der Waals surface area contributed by atoms with Gasteiger partial charge in [0.25, 0.3) is 0 Å². The average molecular weight is 247 g/mol. The first-order chi connectivity index (χ1) is 8.72. The molecule has 1 atom stereocenters. The molecule has 100 valence electrons. The van der Waals surface area contributed by atoms with Crippen molar-refractivity contribution in [3.8, 4) is 0 Å². The molecule has 0 radical (unpaired) electrons. The van der Waals surface area contributed by atoms with Gasteiger partial charge in [0.05, 0.1) is 0 Å². The second-order valence-electron chi connectivity index (χ2n) is 5.32. The Morgan fingerprint density at radius 1 is 1.33 bits per heavy atom. The molecule has 0 unspecified atom stereocenters. The van der Waals surface area contributed by atoms with Crippen LogP contribution in [0.1, 0.15) is 57.6 Å². The molecule has 1 heterocycles. The van der Waals surface area contributed by atoms with Crippen LogP contribution in [0, 0.1) is 0 Å². The van der Waals surface area contributed by atoms with Crippen LogP contribution in [0.3, 0.4) is 0 Å². The van der Waals surface area contributed by atoms with Gasteiger partial charge in [-0.3, -0.25) is 0 Å². The van der Waals surface area contributed by atoms with Gasteiger partial charge < -0.3 is 10.6 Å². The van der Waals surface area contributed by atoms with E-state index in [1.165, 1.54) is 32.1 Å². The molecular formula is C15H25N3. The molecule has 0 aromatic carbocycles. The van der Waals surface area contributed by atoms with Crippen molar-refractivity contribution in [1.82, 2.24) is 4.98 Å². The summed E-state index contributed by atoms with van der Waals surface area (Å²) in [6, 6.07) is 4.98. The van der Waals surface area contributed by atoms with E-state index in [9.17, 15) is 0 Å². The molecule has 1 aliphatic carbocycles. The highest BCUT2D eigenvalue weighted by Gasteiger charge is 2.20. The lowest BCUT2D eigenvalue weighted by Gasteiger charge is -2.34. The fourth-order valence-electron chi connectivity index (χ4n) is 2.84. The summed E-state index contributed by atoms with van der Waals surface area (Å²) in [7, 11) is 0. The standard InChI is InChI=1S/C15H25N3/c1-3-18(14-7-5-4-6-8-14)15-10-9-13(11-17-15)12(2)16/h9-12,14H,3-8,16H2,1-2H3/t12-/m1/s1. The van der Waals surface area contributed by atoms with Crippen LogP contribution in [0.5, 0.6) is 0 Å². The molecule has 0 bridgehead atoms. The van der Waals surface area contributed by atoms with Crippen molar-refractivity contribution in [1.29, 1.82) is 0 Å². The lowest BCUT2D eigenvalue weighted by atomic mass is 9.94. The number of hydrogen-bond donors (Lipinski definition) is 1. The van der Waals surface area contributed by atoms with Gasteiger partial charge in [0.1, 0.15) is 5.82 Å². The molecule has 1 saturated carbocycles. The summed E-state index contributed by atoms with van der Waals surface area (Å²) in [5.74, 6) is 1.11. The van der Waals surface area contributed by atoms with Crippen LogP contribution in [-0.2, 0) is 0 Å². The molecule has 0 saturated heterocycles. The van der Waals surface area contributed by atoms with Crippen LogP contribution in [-0.4, -0.2) is 17.6 Å². The Balaban J connectivity index is 2.11. The first-order valence-corrected chi connectivity index (χ1v) is 7.20. The van der Waals surface area contributed by atoms with Crippen LogP contribution in [0.15, 0.2) is 18.3 Å². The molecule has 3 nitrogen and oxygen atoms in total. The fourth-order valence-corrected chi connectivity index (χ4v) is 2.84. The molecule has 2 rings (SSSR count). The average Bonchev–Trinajstić information content (AvgIpc) is 2.41. The number of rotatable bonds is 4. The van der Waals surface area contributed by atoms with Gasteiger partial charge in [-0.05, 0) is 38.3 Å². The normalized spacial score (nSPS) is 18.6. The Kier molecular flexibility index (Phi) is 4.59. The number of pyridine rings is 1. The van der Waals surface area contributed by atoms with E-state index in [2.05, 4.69) is 28.9 Å². The van der Waals surface area contributed by atoms with Gasteiger partial charge in [-0.1, -0.05) is 25.3 Å². The van der Waals surface area contributed by atoms with Crippen molar-refractivity contribution in [3.63, 3.8) is 0 Å². The molecule has 2 N–H and O–H groups in total. The largest absolute Gasteiger partial charge is 0.354 e. The summed E-state index contributed by atoms with van der Waals surface area (Å²) in [5, 5.41) is 0. The maximum Gasteiger partial charge on any atom is 0.128 e. The van der Waals surface area contributed by atoms with Crippen molar-refractivity contribution in [3.05, 3.63) is 23.9 Å². The Bertz CT molecular complexity index is 353. The van der Waals surface area contributed by atoms with Gasteiger partial charge in [-0.15, -0.1) is 0 Å². The van der Waals surface area contributed by atoms with E-state index in [4.69, 9.17) is 5.73 Å². The van der Waals surface area contributed by atoms with Gasteiger partial charge in [0, 0.05) is 24.8 Å². The highest BCUT2D eigenvalue weighted by atomic mass is 15.2. The van der Waals surface area contributed by atoms with E-state index >= 15 is 0 Å². The lowest BCUT2D eigenvalue weighted by molar-refractivity contribution is 0.416. The maximum absolute atomic E-state index is 5.86. The smallest absolute Gasteiger partial charge is 0.128 e. The minimum absolute atomic E-state index is 0.0660. The summed E-state index contributed by atoms with van der Waals surface area (Å²) < 4.78 is 0. The molecule has 1 fully saturated rings. The van der Waals surface area contributed by atoms with Crippen molar-refractivity contribution >= 4 is 5.82 Å². The van der Waals surface area contributed by atoms with Gasteiger partial charge in [0.15, 0.2) is 0 Å². The number of anilines is 1. The lowest BCUT2D eigenvalue weighted by Crippen LogP contribution is -2.37. The zero-order valence-corrected chi connectivity index (χ0v) is 11.6. The summed E-state index contributed by atoms with van der Waals surface area (Å²) in [6.07, 6.45) is 8.66. The second kappa shape index (κ2) is 6.19. The van der Waals surface area contributed by atoms with Gasteiger partial charge >= 0.3 is 0 Å². The van der Waals surface area contributed by atoms with E-state index in [0.717, 1.165) is 17.9 Å². The molecule has 0 spiro atoms. The summed E-state index contributed by atoms with van der Waals surface area (Å²) in [6.45, 7) is 5.25. The topological polar surface area (TPSA) is 42.1 Å². The zero-order chi connectivity index (χ0) is 13.0. The van der Waals surface area contributed by atoms with E-state index < -0.39 is 0 Å². The quantitative estimate of drug-likeness (QED) is 0.888. The van der Waals surface area contributed by atoms with Gasteiger partial charge in [-0.2, -0.15) is 0 Å². The van der Waals surface area contributed by atoms with Gasteiger partial charge in [-0.25, -0.2) is 4.98 Å². The fraction of sp³-hybridized carbons (Fsp3) is 0.667. The molecule has 3 heteroatoms. The monoisotopic (exact) mass is 247 g/mol. The predicted molar refractivity (Wildman–Crippen MR) is 76.7 cm³/mol. The Labute approximate surface area is 110 Å². The highest BCUT2D eigenvalue weighted by Crippen LogP contribution is 2.26. The van der Waals surface area contributed by atoms with Crippen molar-refractivity contribution in [2.75, 3.05) is 11.4 Å². The Morgan fingerprint density at radius 3 is 2.56 bits per heavy atom. The second-order valence-corrected chi connectivity index (χ2v) is 5.32. The van der Waals surface area contributed by atoms with Crippen LogP contribution >= 0.6 is 0 Å². The van der Waals surface area contributed by atoms with Crippen LogP contribution in [0.4, 0.5) is 5.82 Å². The predicted octanol–water partition coefficient (Wildman–Crippen LogP) is 3.26. The van der Waals surface area contributed by atoms with Crippen molar-refractivity contribution in [2.24, 2.45) is 5.73 Å². The molecule has 0 amide bonds. The molecule has 1 aromatic heterocycles. The third-order valence-corrected chi connectivity index (χ3v) is 3.95. The maximum atomic E-state index is 5.86. The molecule has 18 heavy (non-hydrogen) atoms. The summed E-state index contributed by atoms with van der Waals surface area (Å²) in [5.41, 5.74) is 6.97. The Morgan fingerprint density at radius 2 is 2.06 bits per heavy atom. The summed E-state index contributed by atoms with van der Waals surface area (Å²) in [4.78, 5) is 7.04. The minimum Gasteiger partial charge on any atom is -0.354 e. The summed E-state index contributed by atoms with van der Waals surface area (Å²) >= 11 is 0. The molecule has 1 aliphatic rings. The molecule has 0 aliphatic heterocycles. The van der Waals surface area contributed by atoms with E-state index in [-0.39, 0.29) is 6.04 Å². The SMILES string of the molecule is CCN(c1ccc([C@@H](C)N)cn1)C1CCCCC1. The third-order valence-electron chi connectivity index (χ3n) is 3.95. The van der Waals surface area contributed by atoms with Crippen LogP contribution < -0.4 is 10.6 Å². The highest BCUT2D eigenvalue weighted by molar-refractivity contribution is 5.41. The van der Waals surface area contributed by atoms with Gasteiger partial charge in [0.2, 0.25) is 0 Å². The zero-order valence-electron chi connectivity index (χ0n) is 11.6. The van der Waals surface area contributed by atoms with E-state index in [0.29, 0.717) is 6.04 Å². The van der Waals surface area contributed by atoms with Crippen molar-refractivity contribution in [2.45, 2.75) is 58.0 Å². The first kappa shape index (κ1) is 13.3. The van der Waals surface area contributed by atoms with Crippen molar-refractivity contribution < 1.29 is 0 Å².